The number of nitrogens with zero attached hydrogens (tertiary/aromatic N) is 4. The van der Waals surface area contributed by atoms with E-state index in [2.05, 4.69) is 44.1 Å². The number of tetrazole rings is 1. The van der Waals surface area contributed by atoms with Crippen molar-refractivity contribution < 1.29 is 0 Å². The highest BCUT2D eigenvalue weighted by molar-refractivity contribution is 9.10. The summed E-state index contributed by atoms with van der Waals surface area (Å²) in [4.78, 5) is 0. The summed E-state index contributed by atoms with van der Waals surface area (Å²) in [7, 11) is 0. The normalized spacial score (nSPS) is 10.3. The van der Waals surface area contributed by atoms with Crippen molar-refractivity contribution in [1.29, 1.82) is 0 Å². The summed E-state index contributed by atoms with van der Waals surface area (Å²) >= 11 is 7.52. The van der Waals surface area contributed by atoms with E-state index in [-0.39, 0.29) is 0 Å². The molecule has 13 heavy (non-hydrogen) atoms. The molecule has 0 aliphatic rings. The summed E-state index contributed by atoms with van der Waals surface area (Å²) in [5, 5.41) is 11.4. The van der Waals surface area contributed by atoms with Gasteiger partial charge in [0, 0.05) is 4.47 Å². The van der Waals surface area contributed by atoms with Crippen molar-refractivity contribution in [3.05, 3.63) is 28.7 Å². The molecule has 0 saturated carbocycles. The Labute approximate surface area is 88.5 Å². The fourth-order valence-electron chi connectivity index (χ4n) is 0.962. The monoisotopic (exact) mass is 256 g/mol. The van der Waals surface area contributed by atoms with Crippen molar-refractivity contribution in [3.63, 3.8) is 0 Å². The second kappa shape index (κ2) is 3.47. The Kier molecular flexibility index (Phi) is 2.32. The van der Waals surface area contributed by atoms with Gasteiger partial charge in [-0.05, 0) is 38.5 Å². The maximum atomic E-state index is 4.11. The van der Waals surface area contributed by atoms with E-state index in [0.717, 1.165) is 10.2 Å². The van der Waals surface area contributed by atoms with Gasteiger partial charge in [0.1, 0.15) is 0 Å². The zero-order chi connectivity index (χ0) is 9.26. The molecule has 0 aliphatic heterocycles. The van der Waals surface area contributed by atoms with Crippen LogP contribution in [0.2, 0.25) is 0 Å². The van der Waals surface area contributed by atoms with Crippen LogP contribution >= 0.6 is 28.6 Å². The second-order valence-electron chi connectivity index (χ2n) is 2.34. The van der Waals surface area contributed by atoms with Crippen molar-refractivity contribution >= 4 is 28.6 Å². The Morgan fingerprint density at radius 3 is 2.69 bits per heavy atom. The molecule has 0 unspecified atom stereocenters. The number of aromatic nitrogens is 4. The van der Waals surface area contributed by atoms with Gasteiger partial charge in [-0.25, -0.2) is 0 Å². The third-order valence-electron chi connectivity index (χ3n) is 1.53. The van der Waals surface area contributed by atoms with Crippen LogP contribution in [0.5, 0.6) is 0 Å². The molecule has 0 bridgehead atoms. The minimum atomic E-state index is 0.465. The molecular weight excluding hydrogens is 252 g/mol. The van der Waals surface area contributed by atoms with Crippen LogP contribution in [0, 0.1) is 0 Å². The summed E-state index contributed by atoms with van der Waals surface area (Å²) in [6.07, 6.45) is 0. The van der Waals surface area contributed by atoms with Gasteiger partial charge in [-0.2, -0.15) is 4.68 Å². The van der Waals surface area contributed by atoms with Crippen molar-refractivity contribution in [3.8, 4) is 5.69 Å². The standard InChI is InChI=1S/C7H5BrN4S/c8-5-3-1-2-4-6(5)12-7(13)9-10-11-12/h1-4H,(H,9,11,13). The smallest absolute Gasteiger partial charge is 0.187 e. The number of hydrogen-bond donors (Lipinski definition) is 1. The molecule has 0 radical (unpaired) electrons. The van der Waals surface area contributed by atoms with Gasteiger partial charge in [0.15, 0.2) is 0 Å². The maximum absolute atomic E-state index is 4.11. The lowest BCUT2D eigenvalue weighted by atomic mass is 10.3. The van der Waals surface area contributed by atoms with Crippen LogP contribution in [0.25, 0.3) is 5.69 Å². The minimum absolute atomic E-state index is 0.465. The number of halogens is 1. The fraction of sp³-hybridized carbons (Fsp3) is 0. The molecule has 0 aliphatic carbocycles. The Balaban J connectivity index is 2.59. The maximum Gasteiger partial charge on any atom is 0.211 e. The van der Waals surface area contributed by atoms with E-state index in [1.54, 1.807) is 4.68 Å². The van der Waals surface area contributed by atoms with E-state index < -0.39 is 0 Å². The van der Waals surface area contributed by atoms with Gasteiger partial charge < -0.3 is 0 Å². The lowest BCUT2D eigenvalue weighted by Crippen LogP contribution is -1.98. The van der Waals surface area contributed by atoms with Gasteiger partial charge in [0.25, 0.3) is 0 Å². The van der Waals surface area contributed by atoms with Gasteiger partial charge >= 0.3 is 0 Å². The van der Waals surface area contributed by atoms with Crippen LogP contribution in [0.15, 0.2) is 33.9 Å². The topological polar surface area (TPSA) is 43.6 Å². The highest BCUT2D eigenvalue weighted by Crippen LogP contribution is 2.20. The molecule has 0 N–H and O–H groups in total. The van der Waals surface area contributed by atoms with E-state index in [1.807, 2.05) is 24.3 Å². The zero-order valence-corrected chi connectivity index (χ0v) is 8.90. The summed E-state index contributed by atoms with van der Waals surface area (Å²) in [6, 6.07) is 7.66. The molecule has 0 saturated heterocycles. The average molecular weight is 257 g/mol. The molecule has 0 amide bonds. The molecule has 66 valence electrons. The van der Waals surface area contributed by atoms with Crippen LogP contribution in [0.3, 0.4) is 0 Å². The third-order valence-corrected chi connectivity index (χ3v) is 2.48. The van der Waals surface area contributed by atoms with Crippen LogP contribution in [0.1, 0.15) is 0 Å². The van der Waals surface area contributed by atoms with E-state index >= 15 is 0 Å². The molecule has 1 aromatic heterocycles. The Morgan fingerprint density at radius 1 is 1.31 bits per heavy atom. The zero-order valence-electron chi connectivity index (χ0n) is 6.42. The largest absolute Gasteiger partial charge is 0.211 e. The molecule has 4 nitrogen and oxygen atoms in total. The summed E-state index contributed by atoms with van der Waals surface area (Å²) in [5.41, 5.74) is 0.873. The summed E-state index contributed by atoms with van der Waals surface area (Å²) in [5.74, 6) is 0. The predicted octanol–water partition coefficient (Wildman–Crippen LogP) is 1.71. The van der Waals surface area contributed by atoms with Gasteiger partial charge in [-0.1, -0.05) is 12.1 Å². The number of hydrogen-bond acceptors (Lipinski definition) is 4. The highest BCUT2D eigenvalue weighted by Gasteiger charge is 2.06. The quantitative estimate of drug-likeness (QED) is 0.791. The van der Waals surface area contributed by atoms with Crippen molar-refractivity contribution in [1.82, 2.24) is 20.2 Å². The van der Waals surface area contributed by atoms with E-state index in [1.165, 1.54) is 0 Å². The average Bonchev–Trinajstić information content (AvgIpc) is 2.52. The first kappa shape index (κ1) is 8.71. The second-order valence-corrected chi connectivity index (χ2v) is 3.60. The van der Waals surface area contributed by atoms with Gasteiger partial charge in [0.2, 0.25) is 5.16 Å². The molecule has 0 atom stereocenters. The number of benzene rings is 1. The first-order valence-corrected chi connectivity index (χ1v) is 4.75. The Hall–Kier alpha value is -0.880. The van der Waals surface area contributed by atoms with Crippen molar-refractivity contribution in [2.75, 3.05) is 0 Å². The minimum Gasteiger partial charge on any atom is -0.187 e. The Morgan fingerprint density at radius 2 is 2.08 bits per heavy atom. The molecule has 0 fully saturated rings. The van der Waals surface area contributed by atoms with E-state index in [0.29, 0.717) is 5.16 Å². The lowest BCUT2D eigenvalue weighted by molar-refractivity contribution is 0.755. The van der Waals surface area contributed by atoms with Crippen molar-refractivity contribution in [2.45, 2.75) is 5.16 Å². The SMILES string of the molecule is Sc1nnnn1-c1ccccc1Br. The number of thiol groups is 1. The summed E-state index contributed by atoms with van der Waals surface area (Å²) in [6.45, 7) is 0. The predicted molar refractivity (Wildman–Crippen MR) is 54.1 cm³/mol. The Bertz CT molecular complexity index is 428. The first-order valence-electron chi connectivity index (χ1n) is 3.51. The molecule has 1 aromatic carbocycles. The van der Waals surface area contributed by atoms with Gasteiger partial charge in [0.05, 0.1) is 5.69 Å². The molecule has 2 aromatic rings. The molecule has 1 heterocycles. The van der Waals surface area contributed by atoms with Crippen LogP contribution < -0.4 is 0 Å². The van der Waals surface area contributed by atoms with Crippen molar-refractivity contribution in [2.24, 2.45) is 0 Å². The molecule has 2 rings (SSSR count). The number of para-hydroxylation sites is 1. The highest BCUT2D eigenvalue weighted by atomic mass is 79.9. The van der Waals surface area contributed by atoms with Gasteiger partial charge in [-0.3, -0.25) is 0 Å². The van der Waals surface area contributed by atoms with E-state index in [9.17, 15) is 0 Å². The van der Waals surface area contributed by atoms with Crippen LogP contribution in [0.4, 0.5) is 0 Å². The third kappa shape index (κ3) is 1.59. The first-order chi connectivity index (χ1) is 6.29. The molecule has 0 spiro atoms. The van der Waals surface area contributed by atoms with Crippen LogP contribution in [-0.4, -0.2) is 20.2 Å². The fourth-order valence-corrected chi connectivity index (χ4v) is 1.60. The summed E-state index contributed by atoms with van der Waals surface area (Å²) < 4.78 is 2.48. The van der Waals surface area contributed by atoms with Crippen LogP contribution in [-0.2, 0) is 0 Å². The van der Waals surface area contributed by atoms with E-state index in [4.69, 9.17) is 0 Å². The number of rotatable bonds is 1. The molecule has 6 heteroatoms. The lowest BCUT2D eigenvalue weighted by Gasteiger charge is -2.02. The molecular formula is C7H5BrN4S. The van der Waals surface area contributed by atoms with Gasteiger partial charge in [-0.15, -0.1) is 17.7 Å².